The molecule has 4 heteroatoms. The molecule has 0 bridgehead atoms. The van der Waals surface area contributed by atoms with Crippen LogP contribution in [-0.4, -0.2) is 12.9 Å². The number of ether oxygens (including phenoxy) is 2. The summed E-state index contributed by atoms with van der Waals surface area (Å²) < 4.78 is 24.5. The average molecular weight is 286 g/mol. The lowest BCUT2D eigenvalue weighted by molar-refractivity contribution is 0.0849. The van der Waals surface area contributed by atoms with E-state index < -0.39 is 11.9 Å². The van der Waals surface area contributed by atoms with E-state index >= 15 is 0 Å². The van der Waals surface area contributed by atoms with Gasteiger partial charge >= 0.3 is 0 Å². The summed E-state index contributed by atoms with van der Waals surface area (Å²) in [5, 5.41) is 0. The summed E-state index contributed by atoms with van der Waals surface area (Å²) in [6.45, 7) is 1.93. The molecule has 1 atom stereocenters. The lowest BCUT2D eigenvalue weighted by Crippen LogP contribution is -2.20. The van der Waals surface area contributed by atoms with Gasteiger partial charge in [0, 0.05) is 0 Å². The second-order valence-corrected chi connectivity index (χ2v) is 5.13. The van der Waals surface area contributed by atoms with Crippen molar-refractivity contribution in [1.82, 2.24) is 0 Å². The molecular formula is C17H15FO3. The van der Waals surface area contributed by atoms with Gasteiger partial charge in [-0.3, -0.25) is 4.79 Å². The minimum absolute atomic E-state index is 0.0150. The van der Waals surface area contributed by atoms with E-state index in [9.17, 15) is 9.18 Å². The molecule has 2 aromatic rings. The molecule has 0 N–H and O–H groups in total. The van der Waals surface area contributed by atoms with E-state index in [2.05, 4.69) is 0 Å². The molecule has 1 heterocycles. The number of halogens is 1. The van der Waals surface area contributed by atoms with Gasteiger partial charge < -0.3 is 9.47 Å². The number of ketones is 1. The molecule has 3 nitrogen and oxygen atoms in total. The maximum absolute atomic E-state index is 13.8. The third-order valence-electron chi connectivity index (χ3n) is 3.62. The molecule has 3 rings (SSSR count). The number of Topliss-reactive ketones (excluding diaryl/α,β-unsaturated/α-hetero) is 1. The van der Waals surface area contributed by atoms with Crippen LogP contribution in [0.4, 0.5) is 4.39 Å². The van der Waals surface area contributed by atoms with E-state index in [0.717, 1.165) is 5.56 Å². The van der Waals surface area contributed by atoms with Gasteiger partial charge in [-0.25, -0.2) is 4.39 Å². The van der Waals surface area contributed by atoms with E-state index in [4.69, 9.17) is 9.47 Å². The Kier molecular flexibility index (Phi) is 3.37. The van der Waals surface area contributed by atoms with Crippen molar-refractivity contribution >= 4 is 5.78 Å². The van der Waals surface area contributed by atoms with Crippen molar-refractivity contribution < 1.29 is 18.7 Å². The Morgan fingerprint density at radius 2 is 2.05 bits per heavy atom. The largest absolute Gasteiger partial charge is 0.494 e. The second kappa shape index (κ2) is 5.20. The molecule has 0 spiro atoms. The van der Waals surface area contributed by atoms with Gasteiger partial charge in [-0.05, 0) is 36.8 Å². The normalized spacial score (nSPS) is 17.1. The van der Waals surface area contributed by atoms with Gasteiger partial charge in [0.15, 0.2) is 17.3 Å². The van der Waals surface area contributed by atoms with Gasteiger partial charge in [-0.1, -0.05) is 17.7 Å². The molecular weight excluding hydrogens is 271 g/mol. The summed E-state index contributed by atoms with van der Waals surface area (Å²) in [6.07, 6.45) is -0.254. The van der Waals surface area contributed by atoms with Gasteiger partial charge in [0.25, 0.3) is 0 Å². The first-order valence-electron chi connectivity index (χ1n) is 6.72. The van der Waals surface area contributed by atoms with Crippen molar-refractivity contribution in [2.45, 2.75) is 19.4 Å². The average Bonchev–Trinajstić information content (AvgIpc) is 2.47. The van der Waals surface area contributed by atoms with Crippen LogP contribution in [0.25, 0.3) is 0 Å². The highest BCUT2D eigenvalue weighted by molar-refractivity contribution is 6.00. The van der Waals surface area contributed by atoms with Crippen molar-refractivity contribution in [3.63, 3.8) is 0 Å². The van der Waals surface area contributed by atoms with E-state index in [0.29, 0.717) is 16.9 Å². The number of hydrogen-bond donors (Lipinski definition) is 0. The molecule has 1 aliphatic rings. The number of aryl methyl sites for hydroxylation is 1. The third-order valence-corrected chi connectivity index (χ3v) is 3.62. The summed E-state index contributed by atoms with van der Waals surface area (Å²) in [6, 6.07) is 10.1. The number of methoxy groups -OCH3 is 1. The number of benzene rings is 2. The topological polar surface area (TPSA) is 35.5 Å². The van der Waals surface area contributed by atoms with Crippen LogP contribution >= 0.6 is 0 Å². The SMILES string of the molecule is COc1ccc(C2CC(=O)c3cc(C)ccc3O2)cc1F. The summed E-state index contributed by atoms with van der Waals surface area (Å²) in [5.41, 5.74) is 2.24. The minimum atomic E-state index is -0.465. The van der Waals surface area contributed by atoms with Gasteiger partial charge in [0.2, 0.25) is 0 Å². The van der Waals surface area contributed by atoms with Gasteiger partial charge in [0.1, 0.15) is 11.9 Å². The van der Waals surface area contributed by atoms with Gasteiger partial charge in [-0.15, -0.1) is 0 Å². The fraction of sp³-hybridized carbons (Fsp3) is 0.235. The quantitative estimate of drug-likeness (QED) is 0.841. The molecule has 2 aromatic carbocycles. The van der Waals surface area contributed by atoms with E-state index in [1.807, 2.05) is 19.1 Å². The zero-order chi connectivity index (χ0) is 15.0. The maximum atomic E-state index is 13.8. The number of carbonyl (C=O) groups excluding carboxylic acids is 1. The van der Waals surface area contributed by atoms with Crippen molar-refractivity contribution in [3.8, 4) is 11.5 Å². The molecule has 0 saturated carbocycles. The molecule has 21 heavy (non-hydrogen) atoms. The summed E-state index contributed by atoms with van der Waals surface area (Å²) >= 11 is 0. The van der Waals surface area contributed by atoms with Crippen LogP contribution in [0.2, 0.25) is 0 Å². The fourth-order valence-corrected chi connectivity index (χ4v) is 2.51. The molecule has 0 radical (unpaired) electrons. The number of hydrogen-bond acceptors (Lipinski definition) is 3. The molecule has 0 amide bonds. The van der Waals surface area contributed by atoms with Crippen molar-refractivity contribution in [2.24, 2.45) is 0 Å². The van der Waals surface area contributed by atoms with Crippen LogP contribution < -0.4 is 9.47 Å². The highest BCUT2D eigenvalue weighted by Gasteiger charge is 2.28. The van der Waals surface area contributed by atoms with E-state index in [-0.39, 0.29) is 18.0 Å². The third kappa shape index (κ3) is 2.49. The first-order chi connectivity index (χ1) is 10.1. The highest BCUT2D eigenvalue weighted by Crippen LogP contribution is 2.36. The lowest BCUT2D eigenvalue weighted by Gasteiger charge is -2.26. The first kappa shape index (κ1) is 13.6. The number of carbonyl (C=O) groups is 1. The fourth-order valence-electron chi connectivity index (χ4n) is 2.51. The van der Waals surface area contributed by atoms with Crippen LogP contribution in [-0.2, 0) is 0 Å². The second-order valence-electron chi connectivity index (χ2n) is 5.13. The Morgan fingerprint density at radius 1 is 1.24 bits per heavy atom. The summed E-state index contributed by atoms with van der Waals surface area (Å²) in [7, 11) is 1.41. The smallest absolute Gasteiger partial charge is 0.170 e. The summed E-state index contributed by atoms with van der Waals surface area (Å²) in [5.74, 6) is 0.289. The highest BCUT2D eigenvalue weighted by atomic mass is 19.1. The Morgan fingerprint density at radius 3 is 2.76 bits per heavy atom. The van der Waals surface area contributed by atoms with Gasteiger partial charge in [0.05, 0.1) is 19.1 Å². The predicted octanol–water partition coefficient (Wildman–Crippen LogP) is 3.85. The first-order valence-corrected chi connectivity index (χ1v) is 6.72. The Hall–Kier alpha value is -2.36. The monoisotopic (exact) mass is 286 g/mol. The predicted molar refractivity (Wildman–Crippen MR) is 76.4 cm³/mol. The van der Waals surface area contributed by atoms with Crippen LogP contribution in [0.15, 0.2) is 36.4 Å². The molecule has 1 aliphatic heterocycles. The zero-order valence-corrected chi connectivity index (χ0v) is 11.9. The molecule has 0 aromatic heterocycles. The summed E-state index contributed by atoms with van der Waals surface area (Å²) in [4.78, 5) is 12.2. The van der Waals surface area contributed by atoms with Crippen LogP contribution in [0.5, 0.6) is 11.5 Å². The Bertz CT molecular complexity index is 709. The Balaban J connectivity index is 1.94. The minimum Gasteiger partial charge on any atom is -0.494 e. The van der Waals surface area contributed by atoms with Crippen LogP contribution in [0.1, 0.15) is 34.0 Å². The van der Waals surface area contributed by atoms with Crippen LogP contribution in [0, 0.1) is 12.7 Å². The zero-order valence-electron chi connectivity index (χ0n) is 11.9. The molecule has 0 fully saturated rings. The lowest BCUT2D eigenvalue weighted by atomic mass is 9.95. The Labute approximate surface area is 122 Å². The van der Waals surface area contributed by atoms with Gasteiger partial charge in [-0.2, -0.15) is 0 Å². The number of rotatable bonds is 2. The molecule has 0 saturated heterocycles. The maximum Gasteiger partial charge on any atom is 0.170 e. The molecule has 108 valence electrons. The molecule has 0 aliphatic carbocycles. The molecule has 1 unspecified atom stereocenters. The standard InChI is InChI=1S/C17H15FO3/c1-10-3-5-15-12(7-10)14(19)9-17(21-15)11-4-6-16(20-2)13(18)8-11/h3-8,17H,9H2,1-2H3. The van der Waals surface area contributed by atoms with E-state index in [1.54, 1.807) is 18.2 Å². The van der Waals surface area contributed by atoms with E-state index in [1.165, 1.54) is 13.2 Å². The van der Waals surface area contributed by atoms with Crippen LogP contribution in [0.3, 0.4) is 0 Å². The van der Waals surface area contributed by atoms with Crippen molar-refractivity contribution in [2.75, 3.05) is 7.11 Å². The van der Waals surface area contributed by atoms with Crippen molar-refractivity contribution in [3.05, 3.63) is 58.9 Å². The number of fused-ring (bicyclic) bond motifs is 1. The van der Waals surface area contributed by atoms with Crippen molar-refractivity contribution in [1.29, 1.82) is 0 Å².